The molecule has 2 aromatic carbocycles. The highest BCUT2D eigenvalue weighted by Crippen LogP contribution is 2.18. The lowest BCUT2D eigenvalue weighted by Gasteiger charge is -2.32. The fourth-order valence-corrected chi connectivity index (χ4v) is 4.08. The second-order valence-corrected chi connectivity index (χ2v) is 8.03. The summed E-state index contributed by atoms with van der Waals surface area (Å²) < 4.78 is 1.87. The number of aromatic nitrogens is 2. The number of piperidine rings is 1. The van der Waals surface area contributed by atoms with Gasteiger partial charge in [0.15, 0.2) is 0 Å². The van der Waals surface area contributed by atoms with E-state index in [9.17, 15) is 9.59 Å². The summed E-state index contributed by atoms with van der Waals surface area (Å²) in [7, 11) is 0. The van der Waals surface area contributed by atoms with Crippen LogP contribution < -0.4 is 5.32 Å². The van der Waals surface area contributed by atoms with Crippen LogP contribution in [0.3, 0.4) is 0 Å². The largest absolute Gasteiger partial charge is 0.352 e. The molecule has 2 heterocycles. The second kappa shape index (κ2) is 10.1. The van der Waals surface area contributed by atoms with Crippen LogP contribution in [0.25, 0.3) is 0 Å². The van der Waals surface area contributed by atoms with Crippen molar-refractivity contribution in [3.05, 3.63) is 89.7 Å². The van der Waals surface area contributed by atoms with Gasteiger partial charge in [0, 0.05) is 32.0 Å². The van der Waals surface area contributed by atoms with Gasteiger partial charge in [-0.25, -0.2) is 0 Å². The van der Waals surface area contributed by atoms with Gasteiger partial charge in [0.1, 0.15) is 0 Å². The number of rotatable bonds is 7. The summed E-state index contributed by atoms with van der Waals surface area (Å²) in [6.45, 7) is 2.36. The SMILES string of the molecule is O=C(NCc1ccccc1Cn1cccn1)C1CCCN(C(=O)Cc2ccccc2)C1. The minimum atomic E-state index is -0.160. The Labute approximate surface area is 182 Å². The first kappa shape index (κ1) is 20.8. The Balaban J connectivity index is 1.32. The molecule has 0 bridgehead atoms. The lowest BCUT2D eigenvalue weighted by molar-refractivity contribution is -0.135. The van der Waals surface area contributed by atoms with Crippen LogP contribution in [0.4, 0.5) is 0 Å². The third-order valence-corrected chi connectivity index (χ3v) is 5.81. The fraction of sp³-hybridized carbons (Fsp3) is 0.320. The summed E-state index contributed by atoms with van der Waals surface area (Å²) in [6.07, 6.45) is 5.75. The minimum absolute atomic E-state index is 0.0195. The average molecular weight is 417 g/mol. The maximum absolute atomic E-state index is 12.9. The second-order valence-electron chi connectivity index (χ2n) is 8.03. The molecule has 0 saturated carbocycles. The van der Waals surface area contributed by atoms with Gasteiger partial charge in [-0.1, -0.05) is 54.6 Å². The maximum atomic E-state index is 12.9. The van der Waals surface area contributed by atoms with Crippen molar-refractivity contribution in [3.63, 3.8) is 0 Å². The first-order chi connectivity index (χ1) is 15.2. The van der Waals surface area contributed by atoms with Crippen LogP contribution >= 0.6 is 0 Å². The zero-order valence-electron chi connectivity index (χ0n) is 17.6. The predicted octanol–water partition coefficient (Wildman–Crippen LogP) is 3.03. The molecule has 1 unspecified atom stereocenters. The zero-order chi connectivity index (χ0) is 21.5. The highest BCUT2D eigenvalue weighted by molar-refractivity contribution is 5.82. The van der Waals surface area contributed by atoms with Crippen molar-refractivity contribution >= 4 is 11.8 Å². The first-order valence-electron chi connectivity index (χ1n) is 10.8. The number of amides is 2. The van der Waals surface area contributed by atoms with Crippen LogP contribution in [-0.4, -0.2) is 39.6 Å². The first-order valence-corrected chi connectivity index (χ1v) is 10.8. The minimum Gasteiger partial charge on any atom is -0.352 e. The molecule has 1 saturated heterocycles. The molecule has 1 aliphatic rings. The van der Waals surface area contributed by atoms with Gasteiger partial charge >= 0.3 is 0 Å². The number of benzene rings is 2. The summed E-state index contributed by atoms with van der Waals surface area (Å²) in [4.78, 5) is 27.4. The molecule has 2 amide bonds. The van der Waals surface area contributed by atoms with E-state index in [-0.39, 0.29) is 17.7 Å². The molecule has 1 N–H and O–H groups in total. The van der Waals surface area contributed by atoms with Crippen LogP contribution in [0.2, 0.25) is 0 Å². The maximum Gasteiger partial charge on any atom is 0.227 e. The highest BCUT2D eigenvalue weighted by atomic mass is 16.2. The number of hydrogen-bond acceptors (Lipinski definition) is 3. The van der Waals surface area contributed by atoms with E-state index in [0.29, 0.717) is 26.1 Å². The Morgan fingerprint density at radius 2 is 1.77 bits per heavy atom. The average Bonchev–Trinajstić information content (AvgIpc) is 3.32. The van der Waals surface area contributed by atoms with Crippen molar-refractivity contribution in [1.82, 2.24) is 20.0 Å². The van der Waals surface area contributed by atoms with Crippen LogP contribution in [0.1, 0.15) is 29.5 Å². The van der Waals surface area contributed by atoms with E-state index in [1.54, 1.807) is 6.20 Å². The van der Waals surface area contributed by atoms with E-state index < -0.39 is 0 Å². The van der Waals surface area contributed by atoms with Crippen molar-refractivity contribution in [1.29, 1.82) is 0 Å². The summed E-state index contributed by atoms with van der Waals surface area (Å²) in [5, 5.41) is 7.36. The van der Waals surface area contributed by atoms with Gasteiger partial charge in [0.05, 0.1) is 18.9 Å². The predicted molar refractivity (Wildman–Crippen MR) is 119 cm³/mol. The fourth-order valence-electron chi connectivity index (χ4n) is 4.08. The van der Waals surface area contributed by atoms with Crippen LogP contribution in [0.15, 0.2) is 73.1 Å². The quantitative estimate of drug-likeness (QED) is 0.644. The molecule has 31 heavy (non-hydrogen) atoms. The molecule has 6 nitrogen and oxygen atoms in total. The number of likely N-dealkylation sites (tertiary alicyclic amines) is 1. The van der Waals surface area contributed by atoms with Crippen LogP contribution in [-0.2, 0) is 29.1 Å². The van der Waals surface area contributed by atoms with Crippen molar-refractivity contribution in [2.24, 2.45) is 5.92 Å². The molecule has 0 aliphatic carbocycles. The number of carbonyl (C=O) groups is 2. The van der Waals surface area contributed by atoms with E-state index in [2.05, 4.69) is 16.5 Å². The number of carbonyl (C=O) groups excluding carboxylic acids is 2. The number of hydrogen-bond donors (Lipinski definition) is 1. The molecule has 6 heteroatoms. The van der Waals surface area contributed by atoms with Crippen LogP contribution in [0.5, 0.6) is 0 Å². The Kier molecular flexibility index (Phi) is 6.77. The van der Waals surface area contributed by atoms with Crippen LogP contribution in [0, 0.1) is 5.92 Å². The summed E-state index contributed by atoms with van der Waals surface area (Å²) in [5.74, 6) is -0.0499. The number of nitrogens with zero attached hydrogens (tertiary/aromatic N) is 3. The van der Waals surface area contributed by atoms with E-state index in [0.717, 1.165) is 36.1 Å². The van der Waals surface area contributed by atoms with E-state index in [1.165, 1.54) is 0 Å². The topological polar surface area (TPSA) is 67.2 Å². The van der Waals surface area contributed by atoms with Crippen molar-refractivity contribution in [2.75, 3.05) is 13.1 Å². The van der Waals surface area contributed by atoms with Gasteiger partial charge in [-0.2, -0.15) is 5.10 Å². The van der Waals surface area contributed by atoms with Gasteiger partial charge < -0.3 is 10.2 Å². The molecule has 1 aliphatic heterocycles. The Morgan fingerprint density at radius 1 is 1.00 bits per heavy atom. The van der Waals surface area contributed by atoms with E-state index in [4.69, 9.17) is 0 Å². The van der Waals surface area contributed by atoms with Gasteiger partial charge in [-0.05, 0) is 35.6 Å². The normalized spacial score (nSPS) is 16.1. The molecule has 0 radical (unpaired) electrons. The third-order valence-electron chi connectivity index (χ3n) is 5.81. The van der Waals surface area contributed by atoms with Gasteiger partial charge in [0.25, 0.3) is 0 Å². The monoisotopic (exact) mass is 416 g/mol. The van der Waals surface area contributed by atoms with Gasteiger partial charge in [0.2, 0.25) is 11.8 Å². The molecule has 160 valence electrons. The number of nitrogens with one attached hydrogen (secondary N) is 1. The molecule has 1 atom stereocenters. The molecule has 1 aromatic heterocycles. The summed E-state index contributed by atoms with van der Waals surface area (Å²) >= 11 is 0. The summed E-state index contributed by atoms with van der Waals surface area (Å²) in [5.41, 5.74) is 3.22. The van der Waals surface area contributed by atoms with Crippen molar-refractivity contribution in [2.45, 2.75) is 32.4 Å². The molecular weight excluding hydrogens is 388 g/mol. The lowest BCUT2D eigenvalue weighted by atomic mass is 9.96. The lowest BCUT2D eigenvalue weighted by Crippen LogP contribution is -2.45. The zero-order valence-corrected chi connectivity index (χ0v) is 17.6. The molecule has 3 aromatic rings. The van der Waals surface area contributed by atoms with E-state index in [1.807, 2.05) is 70.4 Å². The smallest absolute Gasteiger partial charge is 0.227 e. The standard InChI is InChI=1S/C25H28N4O2/c30-24(16-20-8-2-1-3-9-20)28-14-6-12-23(18-28)25(31)26-17-21-10-4-5-11-22(21)19-29-15-7-13-27-29/h1-5,7-11,13,15,23H,6,12,14,16-19H2,(H,26,31). The Bertz CT molecular complexity index is 1000. The van der Waals surface area contributed by atoms with Crippen molar-refractivity contribution < 1.29 is 9.59 Å². The van der Waals surface area contributed by atoms with Gasteiger partial charge in [-0.15, -0.1) is 0 Å². The summed E-state index contributed by atoms with van der Waals surface area (Å²) in [6, 6.07) is 19.8. The molecule has 1 fully saturated rings. The van der Waals surface area contributed by atoms with Crippen molar-refractivity contribution in [3.8, 4) is 0 Å². The molecule has 0 spiro atoms. The molecule has 4 rings (SSSR count). The molecular formula is C25H28N4O2. The highest BCUT2D eigenvalue weighted by Gasteiger charge is 2.28. The van der Waals surface area contributed by atoms with Gasteiger partial charge in [-0.3, -0.25) is 14.3 Å². The Morgan fingerprint density at radius 3 is 2.55 bits per heavy atom. The third kappa shape index (κ3) is 5.60. The Hall–Kier alpha value is -3.41. The van der Waals surface area contributed by atoms with E-state index >= 15 is 0 Å².